The number of benzene rings is 2. The number of fused-ring (bicyclic) bond motifs is 1. The molecule has 1 N–H and O–H groups in total. The molecule has 1 aliphatic rings. The number of likely N-dealkylation sites (N-methyl/N-ethyl adjacent to an activating group) is 1. The number of carbonyl (C=O) groups is 2. The molecule has 0 aliphatic carbocycles. The van der Waals surface area contributed by atoms with Crippen molar-refractivity contribution in [2.24, 2.45) is 5.92 Å². The number of nitrogens with zero attached hydrogens (tertiary/aromatic N) is 1. The Hall–Kier alpha value is -3.57. The number of hydrogen-bond acceptors (Lipinski definition) is 9. The molecule has 0 unspecified atom stereocenters. The van der Waals surface area contributed by atoms with Gasteiger partial charge in [-0.05, 0) is 62.6 Å². The number of methoxy groups -OCH3 is 1. The van der Waals surface area contributed by atoms with E-state index in [4.69, 9.17) is 13.7 Å². The van der Waals surface area contributed by atoms with Gasteiger partial charge in [0, 0.05) is 29.1 Å². The van der Waals surface area contributed by atoms with E-state index in [2.05, 4.69) is 5.32 Å². The Bertz CT molecular complexity index is 1560. The molecule has 11 heteroatoms. The summed E-state index contributed by atoms with van der Waals surface area (Å²) in [6.07, 6.45) is 0. The number of hydrogen-bond donors (Lipinski definition) is 1. The standard InChI is InChI=1S/C29H34N2O7S2/c1-17(2)16-40(34,35)38-19-9-10-21(24(14-19)36-7)20-11-12-23-26(31(6)28(33)29(4,5)30-23)22(20)15-37-27(32)25-13-8-18(3)39-25/h8-14,17,30H,15-16H2,1-7H3. The first-order valence-corrected chi connectivity index (χ1v) is 15.2. The lowest BCUT2D eigenvalue weighted by Crippen LogP contribution is -2.52. The number of esters is 1. The highest BCUT2D eigenvalue weighted by Gasteiger charge is 2.39. The molecular weight excluding hydrogens is 552 g/mol. The second kappa shape index (κ2) is 11.1. The number of rotatable bonds is 9. The van der Waals surface area contributed by atoms with Gasteiger partial charge in [-0.2, -0.15) is 8.42 Å². The number of ether oxygens (including phenoxy) is 2. The minimum absolute atomic E-state index is 0.0942. The second-order valence-electron chi connectivity index (χ2n) is 10.7. The lowest BCUT2D eigenvalue weighted by molar-refractivity contribution is -0.121. The van der Waals surface area contributed by atoms with Crippen molar-refractivity contribution in [2.45, 2.75) is 46.8 Å². The summed E-state index contributed by atoms with van der Waals surface area (Å²) in [7, 11) is -0.624. The van der Waals surface area contributed by atoms with Crippen LogP contribution in [0.15, 0.2) is 42.5 Å². The molecule has 0 radical (unpaired) electrons. The van der Waals surface area contributed by atoms with Crippen LogP contribution >= 0.6 is 11.3 Å². The number of anilines is 2. The van der Waals surface area contributed by atoms with Crippen LogP contribution in [-0.4, -0.2) is 45.7 Å². The lowest BCUT2D eigenvalue weighted by atomic mass is 9.92. The Morgan fingerprint density at radius 3 is 2.42 bits per heavy atom. The van der Waals surface area contributed by atoms with E-state index in [0.717, 1.165) is 4.88 Å². The fraction of sp³-hybridized carbons (Fsp3) is 0.379. The van der Waals surface area contributed by atoms with Gasteiger partial charge in [0.15, 0.2) is 0 Å². The van der Waals surface area contributed by atoms with Crippen molar-refractivity contribution >= 4 is 44.7 Å². The fourth-order valence-corrected chi connectivity index (χ4v) is 6.76. The van der Waals surface area contributed by atoms with E-state index in [1.54, 1.807) is 57.8 Å². The summed E-state index contributed by atoms with van der Waals surface area (Å²) in [5.41, 5.74) is 2.33. The van der Waals surface area contributed by atoms with Crippen molar-refractivity contribution in [1.82, 2.24) is 0 Å². The molecule has 1 aromatic heterocycles. The first-order valence-electron chi connectivity index (χ1n) is 12.8. The van der Waals surface area contributed by atoms with Gasteiger partial charge in [0.2, 0.25) is 0 Å². The lowest BCUT2D eigenvalue weighted by Gasteiger charge is -2.39. The van der Waals surface area contributed by atoms with Crippen LogP contribution in [0.25, 0.3) is 11.1 Å². The molecule has 4 rings (SSSR count). The first kappa shape index (κ1) is 29.4. The maximum absolute atomic E-state index is 13.2. The summed E-state index contributed by atoms with van der Waals surface area (Å²) in [6.45, 7) is 9.00. The van der Waals surface area contributed by atoms with Gasteiger partial charge in [-0.3, -0.25) is 4.79 Å². The molecule has 1 amide bonds. The zero-order valence-corrected chi connectivity index (χ0v) is 25.3. The minimum Gasteiger partial charge on any atom is -0.496 e. The van der Waals surface area contributed by atoms with E-state index in [-0.39, 0.29) is 29.9 Å². The maximum Gasteiger partial charge on any atom is 0.348 e. The third-order valence-electron chi connectivity index (χ3n) is 6.42. The van der Waals surface area contributed by atoms with Gasteiger partial charge in [-0.15, -0.1) is 11.3 Å². The third-order valence-corrected chi connectivity index (χ3v) is 8.92. The Balaban J connectivity index is 1.79. The van der Waals surface area contributed by atoms with Crippen LogP contribution in [0.1, 0.15) is 47.8 Å². The van der Waals surface area contributed by atoms with Gasteiger partial charge >= 0.3 is 16.1 Å². The molecular formula is C29H34N2O7S2. The van der Waals surface area contributed by atoms with E-state index in [0.29, 0.717) is 38.7 Å². The monoisotopic (exact) mass is 586 g/mol. The summed E-state index contributed by atoms with van der Waals surface area (Å²) < 4.78 is 41.5. The zero-order valence-electron chi connectivity index (χ0n) is 23.7. The van der Waals surface area contributed by atoms with Crippen molar-refractivity contribution in [1.29, 1.82) is 0 Å². The molecule has 0 fully saturated rings. The Morgan fingerprint density at radius 2 is 1.80 bits per heavy atom. The van der Waals surface area contributed by atoms with Crippen molar-refractivity contribution < 1.29 is 31.7 Å². The van der Waals surface area contributed by atoms with Gasteiger partial charge in [0.1, 0.15) is 28.5 Å². The van der Waals surface area contributed by atoms with Crippen LogP contribution in [0.2, 0.25) is 0 Å². The highest BCUT2D eigenvalue weighted by molar-refractivity contribution is 7.87. The van der Waals surface area contributed by atoms with E-state index >= 15 is 0 Å². The third kappa shape index (κ3) is 6.10. The molecule has 9 nitrogen and oxygen atoms in total. The van der Waals surface area contributed by atoms with E-state index in [9.17, 15) is 18.0 Å². The van der Waals surface area contributed by atoms with Crippen molar-refractivity contribution in [3.63, 3.8) is 0 Å². The highest BCUT2D eigenvalue weighted by atomic mass is 32.2. The van der Waals surface area contributed by atoms with Crippen LogP contribution in [0.3, 0.4) is 0 Å². The average molecular weight is 587 g/mol. The first-order chi connectivity index (χ1) is 18.7. The predicted octanol–water partition coefficient (Wildman–Crippen LogP) is 5.62. The van der Waals surface area contributed by atoms with Crippen molar-refractivity contribution in [3.8, 4) is 22.6 Å². The Morgan fingerprint density at radius 1 is 1.10 bits per heavy atom. The second-order valence-corrected chi connectivity index (χ2v) is 13.6. The number of amides is 1. The van der Waals surface area contributed by atoms with Crippen LogP contribution in [0.4, 0.5) is 11.4 Å². The Kier molecular flexibility index (Phi) is 8.18. The largest absolute Gasteiger partial charge is 0.496 e. The van der Waals surface area contributed by atoms with Gasteiger partial charge < -0.3 is 23.9 Å². The number of carbonyl (C=O) groups excluding carboxylic acids is 2. The molecule has 40 heavy (non-hydrogen) atoms. The summed E-state index contributed by atoms with van der Waals surface area (Å²) >= 11 is 1.34. The smallest absolute Gasteiger partial charge is 0.348 e. The van der Waals surface area contributed by atoms with Crippen molar-refractivity contribution in [3.05, 3.63) is 57.8 Å². The Labute approximate surface area is 239 Å². The molecule has 3 aromatic rings. The molecule has 0 saturated carbocycles. The molecule has 2 aromatic carbocycles. The molecule has 1 aliphatic heterocycles. The molecule has 0 saturated heterocycles. The van der Waals surface area contributed by atoms with Crippen LogP contribution in [0.5, 0.6) is 11.5 Å². The quantitative estimate of drug-likeness (QED) is 0.254. The minimum atomic E-state index is -3.79. The normalized spacial score (nSPS) is 14.5. The van der Waals surface area contributed by atoms with Gasteiger partial charge in [0.25, 0.3) is 5.91 Å². The number of aryl methyl sites for hydroxylation is 1. The van der Waals surface area contributed by atoms with Crippen LogP contribution in [0, 0.1) is 12.8 Å². The predicted molar refractivity (Wildman–Crippen MR) is 157 cm³/mol. The summed E-state index contributed by atoms with van der Waals surface area (Å²) in [5.74, 6) is -0.350. The molecule has 0 spiro atoms. The topological polar surface area (TPSA) is 111 Å². The average Bonchev–Trinajstić information content (AvgIpc) is 3.30. The van der Waals surface area contributed by atoms with E-state index < -0.39 is 21.6 Å². The SMILES string of the molecule is COc1cc(OS(=O)(=O)CC(C)C)ccc1-c1ccc2c(c1COC(=O)c1ccc(C)s1)N(C)C(=O)C(C)(C)N2. The van der Waals surface area contributed by atoms with Gasteiger partial charge in [-0.1, -0.05) is 19.9 Å². The molecule has 2 heterocycles. The maximum atomic E-state index is 13.2. The molecule has 0 bridgehead atoms. The van der Waals surface area contributed by atoms with Crippen LogP contribution in [-0.2, 0) is 26.3 Å². The molecule has 0 atom stereocenters. The van der Waals surface area contributed by atoms with Gasteiger partial charge in [-0.25, -0.2) is 4.79 Å². The summed E-state index contributed by atoms with van der Waals surface area (Å²) in [4.78, 5) is 29.1. The van der Waals surface area contributed by atoms with Gasteiger partial charge in [0.05, 0.1) is 24.2 Å². The molecule has 214 valence electrons. The highest BCUT2D eigenvalue weighted by Crippen LogP contribution is 2.45. The number of nitrogens with one attached hydrogen (secondary N) is 1. The van der Waals surface area contributed by atoms with Crippen LogP contribution < -0.4 is 19.1 Å². The number of thiophene rings is 1. The van der Waals surface area contributed by atoms with E-state index in [1.807, 2.05) is 25.1 Å². The van der Waals surface area contributed by atoms with E-state index in [1.165, 1.54) is 24.5 Å². The summed E-state index contributed by atoms with van der Waals surface area (Å²) in [5, 5.41) is 3.29. The zero-order chi connectivity index (χ0) is 29.4. The summed E-state index contributed by atoms with van der Waals surface area (Å²) in [6, 6.07) is 12.0. The van der Waals surface area contributed by atoms with Crippen molar-refractivity contribution in [2.75, 3.05) is 30.1 Å². The fourth-order valence-electron chi connectivity index (χ4n) is 4.72.